The summed E-state index contributed by atoms with van der Waals surface area (Å²) < 4.78 is 13.5. The van der Waals surface area contributed by atoms with E-state index >= 15 is 0 Å². The lowest BCUT2D eigenvalue weighted by Crippen LogP contribution is -2.40. The highest BCUT2D eigenvalue weighted by Gasteiger charge is 2.37. The van der Waals surface area contributed by atoms with Crippen LogP contribution in [0.15, 0.2) is 107 Å². The highest BCUT2D eigenvalue weighted by molar-refractivity contribution is 7.07. The van der Waals surface area contributed by atoms with E-state index in [0.29, 0.717) is 26.3 Å². The summed E-state index contributed by atoms with van der Waals surface area (Å²) in [7, 11) is 1.59. The molecule has 0 spiro atoms. The molecule has 0 saturated carbocycles. The Hall–Kier alpha value is -4.82. The Labute approximate surface area is 234 Å². The fraction of sp³-hybridized carbons (Fsp3) is 0.125. The number of thiazole rings is 1. The number of carbonyl (C=O) groups is 1. The van der Waals surface area contributed by atoms with Crippen molar-refractivity contribution in [2.24, 2.45) is 4.99 Å². The Morgan fingerprint density at radius 1 is 1.02 bits per heavy atom. The second-order valence-corrected chi connectivity index (χ2v) is 10.1. The maximum absolute atomic E-state index is 14.2. The molecular weight excluding hydrogens is 522 g/mol. The van der Waals surface area contributed by atoms with E-state index in [1.54, 1.807) is 37.1 Å². The first-order valence-electron chi connectivity index (χ1n) is 12.8. The van der Waals surface area contributed by atoms with Crippen LogP contribution in [0.5, 0.6) is 5.75 Å². The van der Waals surface area contributed by atoms with Gasteiger partial charge in [-0.3, -0.25) is 14.3 Å². The maximum atomic E-state index is 14.2. The first-order valence-corrected chi connectivity index (χ1v) is 13.7. The van der Waals surface area contributed by atoms with Crippen LogP contribution in [0, 0.1) is 0 Å². The summed E-state index contributed by atoms with van der Waals surface area (Å²) in [6.07, 6.45) is 5.18. The van der Waals surface area contributed by atoms with Crippen LogP contribution < -0.4 is 19.6 Å². The number of fused-ring (bicyclic) bond motifs is 2. The maximum Gasteiger partial charge on any atom is 0.338 e. The average molecular weight is 548 g/mol. The molecule has 0 saturated heterocycles. The monoisotopic (exact) mass is 547 g/mol. The summed E-state index contributed by atoms with van der Waals surface area (Å²) in [4.78, 5) is 37.5. The SMILES string of the molecule is CCOC(=O)C1=C(c2ccccc2)N=c2s/c(=C\c3cccnc3)c(=O)n2[C@@H]1c1c(OC)ccc2ccccc12. The Morgan fingerprint density at radius 2 is 1.82 bits per heavy atom. The predicted molar refractivity (Wildman–Crippen MR) is 156 cm³/mol. The van der Waals surface area contributed by atoms with Gasteiger partial charge in [-0.25, -0.2) is 9.79 Å². The van der Waals surface area contributed by atoms with Crippen molar-refractivity contribution in [2.75, 3.05) is 13.7 Å². The van der Waals surface area contributed by atoms with Crippen molar-refractivity contribution in [3.05, 3.63) is 133 Å². The van der Waals surface area contributed by atoms with E-state index in [0.717, 1.165) is 21.9 Å². The molecule has 5 aromatic rings. The standard InChI is InChI=1S/C32H25N3O4S/c1-3-39-31(37)27-28(22-12-5-4-6-13-22)34-32-35(30(36)25(40-32)18-20-10-9-17-33-19-20)29(27)26-23-14-8-7-11-21(23)15-16-24(26)38-2/h4-19,29H,3H2,1-2H3/b25-18-/t29-/m1/s1. The first kappa shape index (κ1) is 25.5. The topological polar surface area (TPSA) is 82.8 Å². The zero-order valence-corrected chi connectivity index (χ0v) is 22.7. The molecule has 8 heteroatoms. The van der Waals surface area contributed by atoms with Crippen LogP contribution in [0.4, 0.5) is 0 Å². The third-order valence-corrected chi connectivity index (χ3v) is 7.76. The van der Waals surface area contributed by atoms with Crippen LogP contribution in [0.3, 0.4) is 0 Å². The quantitative estimate of drug-likeness (QED) is 0.293. The van der Waals surface area contributed by atoms with Gasteiger partial charge >= 0.3 is 5.97 Å². The van der Waals surface area contributed by atoms with E-state index in [2.05, 4.69) is 4.98 Å². The minimum Gasteiger partial charge on any atom is -0.496 e. The van der Waals surface area contributed by atoms with Gasteiger partial charge in [0.25, 0.3) is 5.56 Å². The third-order valence-electron chi connectivity index (χ3n) is 6.78. The van der Waals surface area contributed by atoms with Crippen molar-refractivity contribution in [3.8, 4) is 5.75 Å². The average Bonchev–Trinajstić information content (AvgIpc) is 3.31. The number of aromatic nitrogens is 2. The number of benzene rings is 3. The van der Waals surface area contributed by atoms with E-state index < -0.39 is 12.0 Å². The summed E-state index contributed by atoms with van der Waals surface area (Å²) in [5.41, 5.74) is 2.72. The molecule has 0 amide bonds. The highest BCUT2D eigenvalue weighted by atomic mass is 32.1. The molecule has 40 heavy (non-hydrogen) atoms. The molecule has 0 bridgehead atoms. The van der Waals surface area contributed by atoms with Crippen LogP contribution in [0.1, 0.15) is 29.7 Å². The van der Waals surface area contributed by atoms with Crippen LogP contribution in [0.25, 0.3) is 22.5 Å². The summed E-state index contributed by atoms with van der Waals surface area (Å²) in [5, 5.41) is 1.82. The van der Waals surface area contributed by atoms with Crippen LogP contribution >= 0.6 is 11.3 Å². The van der Waals surface area contributed by atoms with E-state index in [-0.39, 0.29) is 17.7 Å². The highest BCUT2D eigenvalue weighted by Crippen LogP contribution is 2.42. The first-order chi connectivity index (χ1) is 19.6. The van der Waals surface area contributed by atoms with Crippen molar-refractivity contribution in [2.45, 2.75) is 13.0 Å². The van der Waals surface area contributed by atoms with E-state index in [1.165, 1.54) is 11.3 Å². The van der Waals surface area contributed by atoms with Gasteiger partial charge in [0.1, 0.15) is 11.8 Å². The number of hydrogen-bond donors (Lipinski definition) is 0. The van der Waals surface area contributed by atoms with Gasteiger partial charge in [-0.05, 0) is 41.5 Å². The van der Waals surface area contributed by atoms with Crippen LogP contribution in [-0.4, -0.2) is 29.2 Å². The number of methoxy groups -OCH3 is 1. The molecule has 2 aromatic heterocycles. The lowest BCUT2D eigenvalue weighted by molar-refractivity contribution is -0.138. The minimum absolute atomic E-state index is 0.176. The van der Waals surface area contributed by atoms with E-state index in [1.807, 2.05) is 78.9 Å². The fourth-order valence-electron chi connectivity index (χ4n) is 5.06. The van der Waals surface area contributed by atoms with Crippen LogP contribution in [-0.2, 0) is 9.53 Å². The molecule has 6 rings (SSSR count). The molecule has 0 radical (unpaired) electrons. The van der Waals surface area contributed by atoms with Crippen LogP contribution in [0.2, 0.25) is 0 Å². The molecule has 3 heterocycles. The normalized spacial score (nSPS) is 15.1. The van der Waals surface area contributed by atoms with Gasteiger partial charge in [-0.2, -0.15) is 0 Å². The number of carbonyl (C=O) groups excluding carboxylic acids is 1. The van der Waals surface area contributed by atoms with Gasteiger partial charge in [0.2, 0.25) is 0 Å². The molecule has 7 nitrogen and oxygen atoms in total. The van der Waals surface area contributed by atoms with Gasteiger partial charge in [0, 0.05) is 23.5 Å². The molecule has 1 aliphatic rings. The van der Waals surface area contributed by atoms with E-state index in [9.17, 15) is 9.59 Å². The second kappa shape index (κ2) is 10.7. The summed E-state index contributed by atoms with van der Waals surface area (Å²) in [5.74, 6) is 0.0216. The molecule has 3 aromatic carbocycles. The summed E-state index contributed by atoms with van der Waals surface area (Å²) in [6.45, 7) is 1.94. The molecule has 1 aliphatic heterocycles. The van der Waals surface area contributed by atoms with E-state index in [4.69, 9.17) is 14.5 Å². The number of rotatable bonds is 6. The Balaban J connectivity index is 1.76. The molecule has 0 aliphatic carbocycles. The van der Waals surface area contributed by atoms with Gasteiger partial charge < -0.3 is 9.47 Å². The molecule has 0 unspecified atom stereocenters. The van der Waals surface area contributed by atoms with Crippen molar-refractivity contribution < 1.29 is 14.3 Å². The van der Waals surface area contributed by atoms with Crippen molar-refractivity contribution in [1.82, 2.24) is 9.55 Å². The Bertz CT molecular complexity index is 1940. The van der Waals surface area contributed by atoms with Crippen molar-refractivity contribution in [3.63, 3.8) is 0 Å². The largest absolute Gasteiger partial charge is 0.496 e. The summed E-state index contributed by atoms with van der Waals surface area (Å²) in [6, 6.07) is 24.1. The smallest absolute Gasteiger partial charge is 0.338 e. The molecule has 0 fully saturated rings. The van der Waals surface area contributed by atoms with Gasteiger partial charge in [0.15, 0.2) is 4.80 Å². The number of esters is 1. The molecular formula is C32H25N3O4S. The number of ether oxygens (including phenoxy) is 2. The van der Waals surface area contributed by atoms with Crippen molar-refractivity contribution in [1.29, 1.82) is 0 Å². The van der Waals surface area contributed by atoms with Gasteiger partial charge in [-0.15, -0.1) is 0 Å². The Kier molecular flexibility index (Phi) is 6.84. The molecule has 0 N–H and O–H groups in total. The summed E-state index contributed by atoms with van der Waals surface area (Å²) >= 11 is 1.27. The lowest BCUT2D eigenvalue weighted by atomic mass is 9.89. The predicted octanol–water partition coefficient (Wildman–Crippen LogP) is 4.49. The lowest BCUT2D eigenvalue weighted by Gasteiger charge is -2.28. The minimum atomic E-state index is -0.845. The zero-order chi connectivity index (χ0) is 27.6. The number of pyridine rings is 1. The van der Waals surface area contributed by atoms with Crippen molar-refractivity contribution >= 4 is 39.9 Å². The van der Waals surface area contributed by atoms with Gasteiger partial charge in [-0.1, -0.05) is 78.1 Å². The van der Waals surface area contributed by atoms with Gasteiger partial charge in [0.05, 0.1) is 29.5 Å². The fourth-order valence-corrected chi connectivity index (χ4v) is 6.06. The molecule has 198 valence electrons. The third kappa shape index (κ3) is 4.42. The number of hydrogen-bond acceptors (Lipinski definition) is 7. The second-order valence-electron chi connectivity index (χ2n) is 9.12. The zero-order valence-electron chi connectivity index (χ0n) is 21.9. The number of nitrogens with zero attached hydrogens (tertiary/aromatic N) is 3. The molecule has 1 atom stereocenters. The Morgan fingerprint density at radius 3 is 2.58 bits per heavy atom.